The van der Waals surface area contributed by atoms with Crippen molar-refractivity contribution in [2.75, 3.05) is 0 Å². The topological polar surface area (TPSA) is 36.2 Å². The molecule has 0 radical (unpaired) electrons. The minimum Gasteiger partial charge on any atom is -0.305 e. The summed E-state index contributed by atoms with van der Waals surface area (Å²) in [5, 5.41) is 7.12. The van der Waals surface area contributed by atoms with Crippen LogP contribution >= 0.6 is 0 Å². The van der Waals surface area contributed by atoms with Gasteiger partial charge in [-0.2, -0.15) is 0 Å². The standard InChI is InChI=1S/C8H12N2/c1-4-5-10-6-7(2)8(3)9/h4-6,9H,2H2,1,3H3/b5-4-,9-8?,10-6-. The maximum Gasteiger partial charge on any atom is 0.0364 e. The van der Waals surface area contributed by atoms with Gasteiger partial charge in [-0.3, -0.25) is 4.99 Å². The Hall–Kier alpha value is -1.18. The van der Waals surface area contributed by atoms with E-state index in [0.717, 1.165) is 0 Å². The zero-order valence-electron chi connectivity index (χ0n) is 6.39. The number of hydrogen-bond acceptors (Lipinski definition) is 2. The molecule has 0 saturated carbocycles. The van der Waals surface area contributed by atoms with Gasteiger partial charge in [-0.25, -0.2) is 0 Å². The molecular weight excluding hydrogens is 124 g/mol. The maximum absolute atomic E-state index is 7.12. The molecule has 0 aromatic carbocycles. The van der Waals surface area contributed by atoms with Crippen molar-refractivity contribution < 1.29 is 0 Å². The van der Waals surface area contributed by atoms with E-state index in [2.05, 4.69) is 11.6 Å². The highest BCUT2D eigenvalue weighted by molar-refractivity contribution is 6.12. The molecule has 0 spiro atoms. The van der Waals surface area contributed by atoms with Crippen LogP contribution in [0.15, 0.2) is 29.4 Å². The second-order valence-corrected chi connectivity index (χ2v) is 1.91. The first-order valence-electron chi connectivity index (χ1n) is 3.07. The van der Waals surface area contributed by atoms with Crippen LogP contribution in [0.25, 0.3) is 0 Å². The van der Waals surface area contributed by atoms with E-state index in [1.165, 1.54) is 0 Å². The largest absolute Gasteiger partial charge is 0.305 e. The van der Waals surface area contributed by atoms with Crippen molar-refractivity contribution in [1.82, 2.24) is 0 Å². The van der Waals surface area contributed by atoms with E-state index in [4.69, 9.17) is 5.41 Å². The van der Waals surface area contributed by atoms with Crippen LogP contribution in [-0.2, 0) is 0 Å². The third kappa shape index (κ3) is 3.78. The van der Waals surface area contributed by atoms with Gasteiger partial charge in [0.2, 0.25) is 0 Å². The Morgan fingerprint density at radius 2 is 2.20 bits per heavy atom. The van der Waals surface area contributed by atoms with E-state index >= 15 is 0 Å². The SMILES string of the molecule is C=C(/C=N\C=C/C)C(C)=N. The lowest BCUT2D eigenvalue weighted by molar-refractivity contribution is 1.48. The number of rotatable bonds is 3. The van der Waals surface area contributed by atoms with E-state index in [0.29, 0.717) is 11.3 Å². The number of hydrogen-bond donors (Lipinski definition) is 1. The first-order chi connectivity index (χ1) is 4.68. The summed E-state index contributed by atoms with van der Waals surface area (Å²) < 4.78 is 0. The lowest BCUT2D eigenvalue weighted by Crippen LogP contribution is -1.93. The van der Waals surface area contributed by atoms with Crippen LogP contribution in [-0.4, -0.2) is 11.9 Å². The lowest BCUT2D eigenvalue weighted by Gasteiger charge is -1.90. The second kappa shape index (κ2) is 4.68. The van der Waals surface area contributed by atoms with Gasteiger partial charge in [-0.05, 0) is 13.8 Å². The van der Waals surface area contributed by atoms with Crippen LogP contribution in [0.1, 0.15) is 13.8 Å². The van der Waals surface area contributed by atoms with Crippen LogP contribution < -0.4 is 0 Å². The Kier molecular flexibility index (Phi) is 4.12. The highest BCUT2D eigenvalue weighted by Gasteiger charge is 1.87. The van der Waals surface area contributed by atoms with Crippen molar-refractivity contribution >= 4 is 11.9 Å². The quantitative estimate of drug-likeness (QED) is 0.577. The fourth-order valence-corrected chi connectivity index (χ4v) is 0.316. The molecule has 0 saturated heterocycles. The Morgan fingerprint density at radius 3 is 2.60 bits per heavy atom. The predicted octanol–water partition coefficient (Wildman–Crippen LogP) is 2.19. The fraction of sp³-hybridized carbons (Fsp3) is 0.250. The van der Waals surface area contributed by atoms with Gasteiger partial charge in [0.05, 0.1) is 0 Å². The van der Waals surface area contributed by atoms with Gasteiger partial charge in [0, 0.05) is 23.7 Å². The molecule has 0 heterocycles. The summed E-state index contributed by atoms with van der Waals surface area (Å²) in [6.07, 6.45) is 5.06. The van der Waals surface area contributed by atoms with Crippen LogP contribution in [0, 0.1) is 5.41 Å². The molecule has 0 fully saturated rings. The third-order valence-corrected chi connectivity index (χ3v) is 0.947. The Labute approximate surface area is 61.5 Å². The van der Waals surface area contributed by atoms with E-state index < -0.39 is 0 Å². The molecule has 0 aromatic rings. The molecule has 2 heteroatoms. The molecule has 0 unspecified atom stereocenters. The summed E-state index contributed by atoms with van der Waals surface area (Å²) in [6, 6.07) is 0. The van der Waals surface area contributed by atoms with E-state index in [-0.39, 0.29) is 0 Å². The molecule has 0 bridgehead atoms. The average molecular weight is 136 g/mol. The van der Waals surface area contributed by atoms with Crippen LogP contribution in [0.3, 0.4) is 0 Å². The molecule has 0 atom stereocenters. The molecule has 0 aliphatic heterocycles. The molecule has 2 nitrogen and oxygen atoms in total. The van der Waals surface area contributed by atoms with Crippen LogP contribution in [0.5, 0.6) is 0 Å². The predicted molar refractivity (Wildman–Crippen MR) is 45.8 cm³/mol. The van der Waals surface area contributed by atoms with Crippen molar-refractivity contribution in [2.24, 2.45) is 4.99 Å². The maximum atomic E-state index is 7.12. The molecule has 0 aliphatic rings. The molecule has 0 aliphatic carbocycles. The van der Waals surface area contributed by atoms with Crippen molar-refractivity contribution in [3.63, 3.8) is 0 Å². The Morgan fingerprint density at radius 1 is 1.60 bits per heavy atom. The highest BCUT2D eigenvalue weighted by atomic mass is 14.7. The number of nitrogens with zero attached hydrogens (tertiary/aromatic N) is 1. The third-order valence-electron chi connectivity index (χ3n) is 0.947. The van der Waals surface area contributed by atoms with Crippen molar-refractivity contribution in [1.29, 1.82) is 5.41 Å². The Balaban J connectivity index is 3.90. The molecule has 54 valence electrons. The molecule has 0 amide bonds. The zero-order valence-corrected chi connectivity index (χ0v) is 6.39. The van der Waals surface area contributed by atoms with Crippen LogP contribution in [0.2, 0.25) is 0 Å². The molecular formula is C8H12N2. The zero-order chi connectivity index (χ0) is 7.98. The summed E-state index contributed by atoms with van der Waals surface area (Å²) in [4.78, 5) is 3.87. The summed E-state index contributed by atoms with van der Waals surface area (Å²) in [5.41, 5.74) is 1.10. The summed E-state index contributed by atoms with van der Waals surface area (Å²) in [7, 11) is 0. The minimum atomic E-state index is 0.452. The van der Waals surface area contributed by atoms with Gasteiger partial charge in [-0.15, -0.1) is 0 Å². The van der Waals surface area contributed by atoms with Gasteiger partial charge in [0.25, 0.3) is 0 Å². The Bertz CT molecular complexity index is 187. The molecule has 1 N–H and O–H groups in total. The summed E-state index contributed by atoms with van der Waals surface area (Å²) >= 11 is 0. The van der Waals surface area contributed by atoms with Gasteiger partial charge in [-0.1, -0.05) is 12.7 Å². The molecule has 0 aromatic heterocycles. The van der Waals surface area contributed by atoms with Crippen molar-refractivity contribution in [3.8, 4) is 0 Å². The monoisotopic (exact) mass is 136 g/mol. The van der Waals surface area contributed by atoms with Crippen LogP contribution in [0.4, 0.5) is 0 Å². The first-order valence-corrected chi connectivity index (χ1v) is 3.07. The fourth-order valence-electron chi connectivity index (χ4n) is 0.316. The normalized spacial score (nSPS) is 11.0. The van der Waals surface area contributed by atoms with E-state index in [1.807, 2.05) is 13.0 Å². The van der Waals surface area contributed by atoms with Crippen molar-refractivity contribution in [3.05, 3.63) is 24.4 Å². The second-order valence-electron chi connectivity index (χ2n) is 1.91. The van der Waals surface area contributed by atoms with Crippen molar-refractivity contribution in [2.45, 2.75) is 13.8 Å². The van der Waals surface area contributed by atoms with Gasteiger partial charge in [0.15, 0.2) is 0 Å². The summed E-state index contributed by atoms with van der Waals surface area (Å²) in [6.45, 7) is 7.19. The minimum absolute atomic E-state index is 0.452. The smallest absolute Gasteiger partial charge is 0.0364 e. The highest BCUT2D eigenvalue weighted by Crippen LogP contribution is 1.87. The van der Waals surface area contributed by atoms with E-state index in [1.54, 1.807) is 19.3 Å². The molecule has 0 rings (SSSR count). The average Bonchev–Trinajstić information content (AvgIpc) is 1.88. The lowest BCUT2D eigenvalue weighted by atomic mass is 10.2. The number of allylic oxidation sites excluding steroid dienone is 2. The summed E-state index contributed by atoms with van der Waals surface area (Å²) in [5.74, 6) is 0. The number of nitrogens with one attached hydrogen (secondary N) is 1. The number of aliphatic imine (C=N–C) groups is 1. The molecule has 10 heavy (non-hydrogen) atoms. The van der Waals surface area contributed by atoms with Gasteiger partial charge >= 0.3 is 0 Å². The van der Waals surface area contributed by atoms with Gasteiger partial charge in [0.1, 0.15) is 0 Å². The van der Waals surface area contributed by atoms with Gasteiger partial charge < -0.3 is 5.41 Å². The van der Waals surface area contributed by atoms with E-state index in [9.17, 15) is 0 Å². The first kappa shape index (κ1) is 8.82.